The van der Waals surface area contributed by atoms with Crippen molar-refractivity contribution in [3.05, 3.63) is 78.1 Å². The molecule has 0 aliphatic heterocycles. The Morgan fingerprint density at radius 3 is 1.86 bits per heavy atom. The van der Waals surface area contributed by atoms with Gasteiger partial charge in [-0.3, -0.25) is 0 Å². The molecule has 0 aliphatic rings. The second kappa shape index (κ2) is 19.6. The van der Waals surface area contributed by atoms with E-state index < -0.39 is 5.82 Å². The first-order valence-electron chi connectivity index (χ1n) is 16.3. The van der Waals surface area contributed by atoms with E-state index in [9.17, 15) is 9.18 Å². The minimum Gasteiger partial charge on any atom is -0.491 e. The van der Waals surface area contributed by atoms with Crippen LogP contribution in [0.2, 0.25) is 0 Å². The Morgan fingerprint density at radius 2 is 1.23 bits per heavy atom. The van der Waals surface area contributed by atoms with E-state index in [1.54, 1.807) is 24.3 Å². The summed E-state index contributed by atoms with van der Waals surface area (Å²) in [6, 6.07) is 19.7. The third kappa shape index (κ3) is 12.7. The van der Waals surface area contributed by atoms with Crippen LogP contribution in [0.3, 0.4) is 0 Å². The van der Waals surface area contributed by atoms with Gasteiger partial charge in [-0.05, 0) is 73.7 Å². The molecule has 0 aliphatic carbocycles. The van der Waals surface area contributed by atoms with Crippen molar-refractivity contribution in [3.8, 4) is 16.9 Å². The van der Waals surface area contributed by atoms with Crippen molar-refractivity contribution < 1.29 is 18.7 Å². The number of rotatable bonds is 20. The Kier molecular flexibility index (Phi) is 15.5. The lowest BCUT2D eigenvalue weighted by molar-refractivity contribution is 0.0319. The summed E-state index contributed by atoms with van der Waals surface area (Å²) in [5.74, 6) is -0.465. The molecule has 0 N–H and O–H groups in total. The van der Waals surface area contributed by atoms with Crippen molar-refractivity contribution in [1.82, 2.24) is 0 Å². The van der Waals surface area contributed by atoms with E-state index in [0.717, 1.165) is 36.8 Å². The van der Waals surface area contributed by atoms with Crippen molar-refractivity contribution >= 4 is 17.3 Å². The predicted octanol–water partition coefficient (Wildman–Crippen LogP) is 11.9. The Bertz CT molecular complexity index is 1240. The lowest BCUT2D eigenvalue weighted by atomic mass is 10.0. The minimum atomic E-state index is -0.430. The van der Waals surface area contributed by atoms with Crippen molar-refractivity contribution in [1.29, 1.82) is 0 Å². The zero-order valence-electron chi connectivity index (χ0n) is 26.3. The third-order valence-corrected chi connectivity index (χ3v) is 7.55. The largest absolute Gasteiger partial charge is 0.491 e. The fourth-order valence-corrected chi connectivity index (χ4v) is 4.89. The van der Waals surface area contributed by atoms with E-state index >= 15 is 0 Å². The standard InChI is InChI=1S/C37H49FN2O3/c1-4-6-8-10-11-12-13-15-27-42-36-26-25-34(28-35(36)38)40-39-33-23-21-31(22-24-33)30-17-19-32(20-18-30)37(41)43-29(3)16-14-9-7-5-2/h17-26,28-29H,4-16,27H2,1-3H3/t29-/m0/s1. The molecule has 232 valence electrons. The Hall–Kier alpha value is -3.54. The van der Waals surface area contributed by atoms with Gasteiger partial charge >= 0.3 is 5.97 Å². The number of hydrogen-bond donors (Lipinski definition) is 0. The molecule has 0 unspecified atom stereocenters. The minimum absolute atomic E-state index is 0.0851. The maximum absolute atomic E-state index is 14.5. The molecule has 43 heavy (non-hydrogen) atoms. The zero-order valence-corrected chi connectivity index (χ0v) is 26.3. The number of hydrogen-bond acceptors (Lipinski definition) is 5. The average Bonchev–Trinajstić information content (AvgIpc) is 3.02. The first-order valence-corrected chi connectivity index (χ1v) is 16.3. The van der Waals surface area contributed by atoms with E-state index in [2.05, 4.69) is 24.1 Å². The summed E-state index contributed by atoms with van der Waals surface area (Å²) in [6.45, 7) is 6.89. The molecule has 0 saturated heterocycles. The van der Waals surface area contributed by atoms with Crippen molar-refractivity contribution in [3.63, 3.8) is 0 Å². The van der Waals surface area contributed by atoms with Crippen LogP contribution in [-0.2, 0) is 4.74 Å². The summed E-state index contributed by atoms with van der Waals surface area (Å²) >= 11 is 0. The van der Waals surface area contributed by atoms with Crippen LogP contribution in [0.15, 0.2) is 77.0 Å². The molecular weight excluding hydrogens is 539 g/mol. The molecule has 0 saturated carbocycles. The maximum atomic E-state index is 14.5. The Morgan fingerprint density at radius 1 is 0.698 bits per heavy atom. The number of unbranched alkanes of at least 4 members (excludes halogenated alkanes) is 10. The highest BCUT2D eigenvalue weighted by atomic mass is 19.1. The highest BCUT2D eigenvalue weighted by Gasteiger charge is 2.12. The SMILES string of the molecule is CCCCCCCCCCOc1ccc(N=Nc2ccc(-c3ccc(C(=O)O[C@@H](C)CCCCCC)cc3)cc2)cc1F. The molecular formula is C37H49FN2O3. The summed E-state index contributed by atoms with van der Waals surface area (Å²) in [7, 11) is 0. The summed E-state index contributed by atoms with van der Waals surface area (Å²) in [6.07, 6.45) is 15.2. The Balaban J connectivity index is 1.44. The number of carbonyl (C=O) groups excluding carboxylic acids is 1. The molecule has 0 bridgehead atoms. The number of esters is 1. The van der Waals surface area contributed by atoms with Crippen LogP contribution in [0.4, 0.5) is 15.8 Å². The number of halogens is 1. The molecule has 3 aromatic rings. The van der Waals surface area contributed by atoms with Gasteiger partial charge in [-0.15, -0.1) is 0 Å². The fourth-order valence-electron chi connectivity index (χ4n) is 4.89. The molecule has 0 amide bonds. The first-order chi connectivity index (χ1) is 21.0. The summed E-state index contributed by atoms with van der Waals surface area (Å²) in [4.78, 5) is 12.5. The highest BCUT2D eigenvalue weighted by Crippen LogP contribution is 2.27. The molecule has 0 heterocycles. The topological polar surface area (TPSA) is 60.2 Å². The van der Waals surface area contributed by atoms with Gasteiger partial charge < -0.3 is 9.47 Å². The summed E-state index contributed by atoms with van der Waals surface area (Å²) < 4.78 is 25.8. The normalized spacial score (nSPS) is 12.0. The molecule has 1 atom stereocenters. The van der Waals surface area contributed by atoms with Crippen LogP contribution < -0.4 is 4.74 Å². The van der Waals surface area contributed by atoms with Gasteiger partial charge in [-0.25, -0.2) is 9.18 Å². The van der Waals surface area contributed by atoms with Crippen molar-refractivity contribution in [2.75, 3.05) is 6.61 Å². The van der Waals surface area contributed by atoms with E-state index in [0.29, 0.717) is 23.5 Å². The monoisotopic (exact) mass is 588 g/mol. The molecule has 5 nitrogen and oxygen atoms in total. The number of carbonyl (C=O) groups is 1. The van der Waals surface area contributed by atoms with Crippen molar-refractivity contribution in [2.24, 2.45) is 10.2 Å². The summed E-state index contributed by atoms with van der Waals surface area (Å²) in [5, 5.41) is 8.45. The van der Waals surface area contributed by atoms with Crippen LogP contribution in [-0.4, -0.2) is 18.7 Å². The smallest absolute Gasteiger partial charge is 0.338 e. The van der Waals surface area contributed by atoms with Gasteiger partial charge in [0.05, 0.1) is 29.6 Å². The quantitative estimate of drug-likeness (QED) is 0.0749. The molecule has 0 fully saturated rings. The molecule has 3 aromatic carbocycles. The van der Waals surface area contributed by atoms with Crippen LogP contribution in [0.1, 0.15) is 115 Å². The van der Waals surface area contributed by atoms with E-state index in [-0.39, 0.29) is 17.8 Å². The van der Waals surface area contributed by atoms with Crippen LogP contribution in [0, 0.1) is 5.82 Å². The molecule has 0 spiro atoms. The number of nitrogens with zero attached hydrogens (tertiary/aromatic N) is 2. The Labute approximate surface area is 257 Å². The summed E-state index contributed by atoms with van der Waals surface area (Å²) in [5.41, 5.74) is 3.61. The van der Waals surface area contributed by atoms with Crippen LogP contribution in [0.25, 0.3) is 11.1 Å². The molecule has 0 aromatic heterocycles. The van der Waals surface area contributed by atoms with E-state index in [1.807, 2.05) is 43.3 Å². The van der Waals surface area contributed by atoms with Gasteiger partial charge in [0.25, 0.3) is 0 Å². The lowest BCUT2D eigenvalue weighted by Crippen LogP contribution is -2.15. The zero-order chi connectivity index (χ0) is 30.7. The van der Waals surface area contributed by atoms with Crippen LogP contribution >= 0.6 is 0 Å². The van der Waals surface area contributed by atoms with E-state index in [1.165, 1.54) is 63.9 Å². The average molecular weight is 589 g/mol. The molecule has 3 rings (SSSR count). The van der Waals surface area contributed by atoms with Gasteiger partial charge in [0.2, 0.25) is 0 Å². The van der Waals surface area contributed by atoms with Gasteiger partial charge in [0.1, 0.15) is 0 Å². The maximum Gasteiger partial charge on any atom is 0.338 e. The second-order valence-corrected chi connectivity index (χ2v) is 11.3. The lowest BCUT2D eigenvalue weighted by Gasteiger charge is -2.13. The van der Waals surface area contributed by atoms with Crippen LogP contribution in [0.5, 0.6) is 5.75 Å². The van der Waals surface area contributed by atoms with Crippen molar-refractivity contribution in [2.45, 2.75) is 110 Å². The fraction of sp³-hybridized carbons (Fsp3) is 0.486. The van der Waals surface area contributed by atoms with Gasteiger partial charge in [0.15, 0.2) is 11.6 Å². The number of benzene rings is 3. The molecule has 6 heteroatoms. The number of azo groups is 1. The highest BCUT2D eigenvalue weighted by molar-refractivity contribution is 5.90. The third-order valence-electron chi connectivity index (χ3n) is 7.55. The van der Waals surface area contributed by atoms with E-state index in [4.69, 9.17) is 9.47 Å². The second-order valence-electron chi connectivity index (χ2n) is 11.3. The molecule has 0 radical (unpaired) electrons. The van der Waals surface area contributed by atoms with Gasteiger partial charge in [-0.1, -0.05) is 102 Å². The van der Waals surface area contributed by atoms with Gasteiger partial charge in [0, 0.05) is 6.07 Å². The predicted molar refractivity (Wildman–Crippen MR) is 174 cm³/mol. The first kappa shape index (κ1) is 34.0. The number of ether oxygens (including phenoxy) is 2. The van der Waals surface area contributed by atoms with Gasteiger partial charge in [-0.2, -0.15) is 10.2 Å².